The van der Waals surface area contributed by atoms with E-state index in [1.54, 1.807) is 7.11 Å². The number of hydrogen-bond acceptors (Lipinski definition) is 5. The molecule has 80 valence electrons. The molecule has 0 saturated heterocycles. The topological polar surface area (TPSA) is 62.9 Å². The van der Waals surface area contributed by atoms with Gasteiger partial charge in [0, 0.05) is 13.7 Å². The Kier molecular flexibility index (Phi) is 6.24. The molecule has 2 atom stereocenters. The average Bonchev–Trinajstić information content (AvgIpc) is 2.02. The van der Waals surface area contributed by atoms with Crippen molar-refractivity contribution in [3.05, 3.63) is 0 Å². The highest BCUT2D eigenvalue weighted by molar-refractivity contribution is 6.73. The van der Waals surface area contributed by atoms with Crippen molar-refractivity contribution >= 4 is 27.1 Å². The van der Waals surface area contributed by atoms with Crippen LogP contribution in [-0.2, 0) is 17.2 Å². The fourth-order valence-electron chi connectivity index (χ4n) is 0.881. The van der Waals surface area contributed by atoms with Crippen molar-refractivity contribution in [2.75, 3.05) is 7.11 Å². The van der Waals surface area contributed by atoms with Crippen LogP contribution in [0.4, 0.5) is 0 Å². The van der Waals surface area contributed by atoms with E-state index in [0.717, 1.165) is 0 Å². The summed E-state index contributed by atoms with van der Waals surface area (Å²) in [7, 11) is -3.77. The predicted octanol–water partition coefficient (Wildman–Crippen LogP) is -0.0413. The van der Waals surface area contributed by atoms with Crippen LogP contribution >= 0.6 is 0 Å². The molecule has 0 bridgehead atoms. The van der Waals surface area contributed by atoms with Crippen LogP contribution in [0.1, 0.15) is 0 Å². The van der Waals surface area contributed by atoms with Crippen molar-refractivity contribution in [1.82, 2.24) is 0 Å². The van der Waals surface area contributed by atoms with E-state index in [1.165, 1.54) is 0 Å². The molecule has 2 unspecified atom stereocenters. The van der Waals surface area contributed by atoms with Gasteiger partial charge < -0.3 is 17.2 Å². The van der Waals surface area contributed by atoms with Gasteiger partial charge in [-0.3, -0.25) is 0 Å². The van der Waals surface area contributed by atoms with Gasteiger partial charge in [-0.05, 0) is 19.6 Å². The fourth-order valence-corrected chi connectivity index (χ4v) is 8.43. The number of nitrogens with two attached hydrogens (primary N) is 1. The minimum Gasteiger partial charge on any atom is -0.419 e. The molecule has 13 heavy (non-hydrogen) atoms. The van der Waals surface area contributed by atoms with Crippen LogP contribution in [0.3, 0.4) is 0 Å². The van der Waals surface area contributed by atoms with Crippen molar-refractivity contribution in [1.29, 1.82) is 0 Å². The van der Waals surface area contributed by atoms with Crippen LogP contribution in [0.2, 0.25) is 26.2 Å². The van der Waals surface area contributed by atoms with Crippen molar-refractivity contribution in [3.63, 3.8) is 0 Å². The van der Waals surface area contributed by atoms with Gasteiger partial charge in [0.15, 0.2) is 9.04 Å². The predicted molar refractivity (Wildman–Crippen MR) is 58.0 cm³/mol. The molecule has 2 N–H and O–H groups in total. The molecule has 0 aliphatic carbocycles. The molecule has 0 rings (SSSR count). The second kappa shape index (κ2) is 6.03. The molecule has 0 amide bonds. The second-order valence-corrected chi connectivity index (χ2v) is 10.6. The Bertz CT molecular complexity index is 150. The van der Waals surface area contributed by atoms with E-state index < -0.39 is 27.1 Å². The summed E-state index contributed by atoms with van der Waals surface area (Å²) in [6.45, 7) is 7.85. The fraction of sp³-hybridized carbons (Fsp3) is 1.00. The first-order chi connectivity index (χ1) is 5.93. The normalized spacial score (nSPS) is 18.7. The molecular weight excluding hydrogens is 222 g/mol. The van der Waals surface area contributed by atoms with Crippen molar-refractivity contribution < 1.29 is 17.2 Å². The Balaban J connectivity index is 4.10. The monoisotopic (exact) mass is 241 g/mol. The lowest BCUT2D eigenvalue weighted by Crippen LogP contribution is -2.49. The van der Waals surface area contributed by atoms with Crippen LogP contribution in [0.15, 0.2) is 0 Å². The largest absolute Gasteiger partial charge is 0.477 e. The lowest BCUT2D eigenvalue weighted by Gasteiger charge is -2.28. The highest BCUT2D eigenvalue weighted by Gasteiger charge is 2.36. The Morgan fingerprint density at radius 1 is 1.15 bits per heavy atom. The van der Waals surface area contributed by atoms with Gasteiger partial charge in [-0.25, -0.2) is 5.90 Å². The van der Waals surface area contributed by atoms with Gasteiger partial charge >= 0.3 is 18.1 Å². The van der Waals surface area contributed by atoms with Gasteiger partial charge in [-0.1, -0.05) is 0 Å². The molecular formula is C5H19NO4Si3. The highest BCUT2D eigenvalue weighted by atomic mass is 28.5. The van der Waals surface area contributed by atoms with E-state index in [0.29, 0.717) is 0 Å². The van der Waals surface area contributed by atoms with E-state index >= 15 is 0 Å². The highest BCUT2D eigenvalue weighted by Crippen LogP contribution is 2.11. The Morgan fingerprint density at radius 2 is 1.69 bits per heavy atom. The van der Waals surface area contributed by atoms with Crippen LogP contribution in [0.25, 0.3) is 0 Å². The van der Waals surface area contributed by atoms with E-state index in [2.05, 4.69) is 17.6 Å². The first kappa shape index (κ1) is 13.5. The van der Waals surface area contributed by atoms with Gasteiger partial charge in [0.05, 0.1) is 0 Å². The molecule has 0 saturated carbocycles. The lowest BCUT2D eigenvalue weighted by molar-refractivity contribution is 0.181. The molecule has 0 aliphatic rings. The summed E-state index contributed by atoms with van der Waals surface area (Å²) in [6.07, 6.45) is 0. The minimum absolute atomic E-state index is 1.15. The molecule has 5 nitrogen and oxygen atoms in total. The summed E-state index contributed by atoms with van der Waals surface area (Å²) >= 11 is 0. The quantitative estimate of drug-likeness (QED) is 0.522. The summed E-state index contributed by atoms with van der Waals surface area (Å²) in [5.41, 5.74) is 0. The molecule has 0 aliphatic heterocycles. The van der Waals surface area contributed by atoms with Gasteiger partial charge in [-0.2, -0.15) is 0 Å². The summed E-state index contributed by atoms with van der Waals surface area (Å²) in [4.78, 5) is 0. The SMILES string of the molecule is CO[Si](C)(O[SiH](C)C)O[SiH](C)ON. The summed E-state index contributed by atoms with van der Waals surface area (Å²) < 4.78 is 21.1. The standard InChI is InChI=1S/C5H19NO4Si3/c1-7-13(5,9-11(2)3)10-12(4)8-6/h11-12H,6H2,1-5H3. The van der Waals surface area contributed by atoms with E-state index in [4.69, 9.17) is 18.6 Å². The maximum Gasteiger partial charge on any atom is 0.477 e. The minimum atomic E-state index is -2.45. The van der Waals surface area contributed by atoms with Crippen LogP contribution in [0, 0.1) is 0 Å². The molecule has 0 aromatic carbocycles. The lowest BCUT2D eigenvalue weighted by atomic mass is 11.8. The van der Waals surface area contributed by atoms with Gasteiger partial charge in [0.25, 0.3) is 0 Å². The maximum atomic E-state index is 5.69. The maximum absolute atomic E-state index is 5.69. The van der Waals surface area contributed by atoms with Crippen LogP contribution in [0.5, 0.6) is 0 Å². The zero-order valence-corrected chi connectivity index (χ0v) is 12.2. The molecule has 0 aromatic rings. The molecule has 0 radical (unpaired) electrons. The van der Waals surface area contributed by atoms with Crippen molar-refractivity contribution in [2.24, 2.45) is 5.90 Å². The van der Waals surface area contributed by atoms with Gasteiger partial charge in [0.2, 0.25) is 0 Å². The summed E-state index contributed by atoms with van der Waals surface area (Å²) in [5, 5.41) is 0. The Hall–Kier alpha value is 0.451. The first-order valence-corrected chi connectivity index (χ1v) is 11.3. The Morgan fingerprint density at radius 3 is 2.00 bits per heavy atom. The summed E-state index contributed by atoms with van der Waals surface area (Å²) in [6, 6.07) is 0. The average molecular weight is 241 g/mol. The molecule has 0 heterocycles. The zero-order chi connectivity index (χ0) is 10.5. The molecule has 8 heteroatoms. The van der Waals surface area contributed by atoms with Crippen molar-refractivity contribution in [2.45, 2.75) is 26.2 Å². The third kappa shape index (κ3) is 5.70. The first-order valence-electron chi connectivity index (χ1n) is 4.20. The molecule has 0 spiro atoms. The Labute approximate surface area is 84.0 Å². The molecule has 0 aromatic heterocycles. The number of rotatable bonds is 6. The van der Waals surface area contributed by atoms with E-state index in [-0.39, 0.29) is 0 Å². The zero-order valence-electron chi connectivity index (χ0n) is 8.87. The van der Waals surface area contributed by atoms with Crippen LogP contribution < -0.4 is 5.90 Å². The van der Waals surface area contributed by atoms with Gasteiger partial charge in [0.1, 0.15) is 0 Å². The third-order valence-electron chi connectivity index (χ3n) is 1.39. The van der Waals surface area contributed by atoms with E-state index in [1.807, 2.05) is 13.1 Å². The smallest absolute Gasteiger partial charge is 0.419 e. The third-order valence-corrected chi connectivity index (χ3v) is 9.16. The van der Waals surface area contributed by atoms with Crippen LogP contribution in [-0.4, -0.2) is 34.2 Å². The number of hydrogen-bond donors (Lipinski definition) is 1. The van der Waals surface area contributed by atoms with Crippen molar-refractivity contribution in [3.8, 4) is 0 Å². The molecule has 0 fully saturated rings. The summed E-state index contributed by atoms with van der Waals surface area (Å²) in [5.74, 6) is 5.02. The van der Waals surface area contributed by atoms with Gasteiger partial charge in [-0.15, -0.1) is 0 Å². The second-order valence-electron chi connectivity index (χ2n) is 3.05. The van der Waals surface area contributed by atoms with E-state index in [9.17, 15) is 0 Å².